The smallest absolute Gasteiger partial charge is 0.322 e. The van der Waals surface area contributed by atoms with E-state index in [9.17, 15) is 18.0 Å². The van der Waals surface area contributed by atoms with Gasteiger partial charge in [0, 0.05) is 24.7 Å². The lowest BCUT2D eigenvalue weighted by Gasteiger charge is -2.27. The summed E-state index contributed by atoms with van der Waals surface area (Å²) in [5, 5.41) is 7.76. The number of amides is 3. The number of nitrogens with zero attached hydrogens (tertiary/aromatic N) is 1. The fourth-order valence-electron chi connectivity index (χ4n) is 3.67. The summed E-state index contributed by atoms with van der Waals surface area (Å²) in [5.74, 6) is -0.239. The number of carbonyl (C=O) groups excluding carboxylic acids is 2. The molecule has 0 aliphatic carbocycles. The number of likely N-dealkylation sites (N-methyl/N-ethyl adjacent to an activating group) is 1. The third-order valence-electron chi connectivity index (χ3n) is 5.12. The Morgan fingerprint density at radius 3 is 2.64 bits per heavy atom. The third-order valence-corrected chi connectivity index (χ3v) is 7.07. The largest absolute Gasteiger partial charge is 0.496 e. The van der Waals surface area contributed by atoms with Crippen LogP contribution in [-0.2, 0) is 20.4 Å². The molecule has 2 aliphatic rings. The molecule has 2 fully saturated rings. The maximum absolute atomic E-state index is 13.2. The van der Waals surface area contributed by atoms with E-state index in [1.54, 1.807) is 7.05 Å². The van der Waals surface area contributed by atoms with Gasteiger partial charge in [-0.05, 0) is 45.0 Å². The number of ether oxygens (including phenoxy) is 1. The Bertz CT molecular complexity index is 878. The lowest BCUT2D eigenvalue weighted by molar-refractivity contribution is -0.123. The third kappa shape index (κ3) is 3.69. The van der Waals surface area contributed by atoms with Crippen LogP contribution in [0.5, 0.6) is 5.75 Å². The summed E-state index contributed by atoms with van der Waals surface area (Å²) < 4.78 is 33.2. The van der Waals surface area contributed by atoms with Gasteiger partial charge in [0.2, 0.25) is 10.0 Å². The topological polar surface area (TPSA) is 117 Å². The van der Waals surface area contributed by atoms with Crippen LogP contribution in [0.2, 0.25) is 0 Å². The Balaban J connectivity index is 0.00000280. The number of carbonyl (C=O) groups is 2. The van der Waals surface area contributed by atoms with Gasteiger partial charge in [-0.3, -0.25) is 10.1 Å². The average Bonchev–Trinajstić information content (AvgIpc) is 3.19. The second-order valence-electron chi connectivity index (χ2n) is 6.86. The zero-order valence-electron chi connectivity index (χ0n) is 15.9. The van der Waals surface area contributed by atoms with Gasteiger partial charge in [0.05, 0.1) is 12.0 Å². The summed E-state index contributed by atoms with van der Waals surface area (Å²) in [6.07, 6.45) is 1.59. The standard InChI is InChI=1S/C17H24N4O5S.ClH/c1-17(15(22)19-16(23)20-17)13-9-12(6-7-14(13)26-3)27(24,25)21-8-4-5-11(21)10-18-2;/h6-7,9,11,18H,4-5,8,10H2,1-3H3,(H2,19,20,22,23);1H. The normalized spacial score (nSPS) is 25.2. The minimum absolute atomic E-state index is 0. The van der Waals surface area contributed by atoms with Crippen LogP contribution in [0.15, 0.2) is 23.1 Å². The van der Waals surface area contributed by atoms with E-state index in [1.807, 2.05) is 0 Å². The predicted molar refractivity (Wildman–Crippen MR) is 105 cm³/mol. The summed E-state index contributed by atoms with van der Waals surface area (Å²) in [4.78, 5) is 24.0. The van der Waals surface area contributed by atoms with E-state index in [4.69, 9.17) is 4.74 Å². The molecule has 3 rings (SSSR count). The molecule has 2 aliphatic heterocycles. The second-order valence-corrected chi connectivity index (χ2v) is 8.76. The summed E-state index contributed by atoms with van der Waals surface area (Å²) in [6.45, 7) is 2.53. The molecule has 2 heterocycles. The van der Waals surface area contributed by atoms with Crippen molar-refractivity contribution < 1.29 is 22.7 Å². The van der Waals surface area contributed by atoms with Gasteiger partial charge in [0.15, 0.2) is 0 Å². The first-order chi connectivity index (χ1) is 12.7. The number of hydrogen-bond donors (Lipinski definition) is 3. The molecule has 3 amide bonds. The number of benzene rings is 1. The molecule has 156 valence electrons. The molecule has 2 atom stereocenters. The predicted octanol–water partition coefficient (Wildman–Crippen LogP) is 0.544. The number of sulfonamides is 1. The van der Waals surface area contributed by atoms with Crippen LogP contribution in [0.1, 0.15) is 25.3 Å². The first-order valence-corrected chi connectivity index (χ1v) is 10.2. The van der Waals surface area contributed by atoms with Crippen molar-refractivity contribution in [3.05, 3.63) is 23.8 Å². The molecule has 28 heavy (non-hydrogen) atoms. The van der Waals surface area contributed by atoms with Crippen LogP contribution in [0, 0.1) is 0 Å². The lowest BCUT2D eigenvalue weighted by Crippen LogP contribution is -2.42. The van der Waals surface area contributed by atoms with E-state index < -0.39 is 27.5 Å². The number of halogens is 1. The van der Waals surface area contributed by atoms with E-state index in [-0.39, 0.29) is 23.3 Å². The van der Waals surface area contributed by atoms with E-state index in [2.05, 4.69) is 16.0 Å². The summed E-state index contributed by atoms with van der Waals surface area (Å²) in [7, 11) is -0.538. The van der Waals surface area contributed by atoms with Crippen molar-refractivity contribution in [3.8, 4) is 5.75 Å². The average molecular weight is 433 g/mol. The summed E-state index contributed by atoms with van der Waals surface area (Å²) >= 11 is 0. The maximum Gasteiger partial charge on any atom is 0.322 e. The molecule has 2 saturated heterocycles. The lowest BCUT2D eigenvalue weighted by atomic mass is 9.91. The molecule has 0 saturated carbocycles. The van der Waals surface area contributed by atoms with Crippen molar-refractivity contribution in [2.75, 3.05) is 27.2 Å². The van der Waals surface area contributed by atoms with Crippen molar-refractivity contribution in [2.45, 2.75) is 36.2 Å². The molecular formula is C17H25ClN4O5S. The van der Waals surface area contributed by atoms with Gasteiger partial charge >= 0.3 is 6.03 Å². The molecule has 0 spiro atoms. The van der Waals surface area contributed by atoms with Crippen molar-refractivity contribution in [2.24, 2.45) is 0 Å². The highest BCUT2D eigenvalue weighted by Gasteiger charge is 2.46. The summed E-state index contributed by atoms with van der Waals surface area (Å²) in [5.41, 5.74) is -1.12. The van der Waals surface area contributed by atoms with Crippen molar-refractivity contribution in [1.82, 2.24) is 20.3 Å². The number of nitrogens with one attached hydrogen (secondary N) is 3. The maximum atomic E-state index is 13.2. The Morgan fingerprint density at radius 2 is 2.07 bits per heavy atom. The fourth-order valence-corrected chi connectivity index (χ4v) is 5.39. The molecule has 0 bridgehead atoms. The monoisotopic (exact) mass is 432 g/mol. The van der Waals surface area contributed by atoms with Gasteiger partial charge in [-0.1, -0.05) is 0 Å². The van der Waals surface area contributed by atoms with Crippen LogP contribution in [0.4, 0.5) is 4.79 Å². The molecule has 3 N–H and O–H groups in total. The van der Waals surface area contributed by atoms with Crippen LogP contribution in [0.3, 0.4) is 0 Å². The number of imide groups is 1. The van der Waals surface area contributed by atoms with Gasteiger partial charge in [-0.15, -0.1) is 12.4 Å². The van der Waals surface area contributed by atoms with E-state index in [1.165, 1.54) is 36.5 Å². The Morgan fingerprint density at radius 1 is 1.36 bits per heavy atom. The molecular weight excluding hydrogens is 408 g/mol. The van der Waals surface area contributed by atoms with Gasteiger partial charge < -0.3 is 15.4 Å². The number of urea groups is 1. The van der Waals surface area contributed by atoms with Crippen LogP contribution < -0.4 is 20.7 Å². The molecule has 0 aromatic heterocycles. The Labute approximate surface area is 170 Å². The highest BCUT2D eigenvalue weighted by atomic mass is 35.5. The second kappa shape index (κ2) is 8.24. The molecule has 0 radical (unpaired) electrons. The minimum Gasteiger partial charge on any atom is -0.496 e. The first kappa shape index (κ1) is 22.4. The Hall–Kier alpha value is -1.88. The molecule has 9 nitrogen and oxygen atoms in total. The summed E-state index contributed by atoms with van der Waals surface area (Å²) in [6, 6.07) is 3.63. The van der Waals surface area contributed by atoms with Gasteiger partial charge in [0.25, 0.3) is 5.91 Å². The van der Waals surface area contributed by atoms with E-state index in [0.717, 1.165) is 12.8 Å². The zero-order chi connectivity index (χ0) is 19.8. The van der Waals surface area contributed by atoms with Crippen molar-refractivity contribution in [1.29, 1.82) is 0 Å². The van der Waals surface area contributed by atoms with Crippen molar-refractivity contribution in [3.63, 3.8) is 0 Å². The van der Waals surface area contributed by atoms with Crippen LogP contribution >= 0.6 is 12.4 Å². The van der Waals surface area contributed by atoms with Crippen molar-refractivity contribution >= 4 is 34.4 Å². The number of methoxy groups -OCH3 is 1. The van der Waals surface area contributed by atoms with E-state index in [0.29, 0.717) is 24.4 Å². The van der Waals surface area contributed by atoms with Gasteiger partial charge in [-0.2, -0.15) is 4.31 Å². The Kier molecular flexibility index (Phi) is 6.59. The minimum atomic E-state index is -3.75. The quantitative estimate of drug-likeness (QED) is 0.565. The van der Waals surface area contributed by atoms with E-state index >= 15 is 0 Å². The SMILES string of the molecule is CNCC1CCCN1S(=O)(=O)c1ccc(OC)c(C2(C)NC(=O)NC2=O)c1.Cl. The highest BCUT2D eigenvalue weighted by Crippen LogP contribution is 2.35. The highest BCUT2D eigenvalue weighted by molar-refractivity contribution is 7.89. The van der Waals surface area contributed by atoms with Gasteiger partial charge in [-0.25, -0.2) is 13.2 Å². The number of hydrogen-bond acceptors (Lipinski definition) is 6. The molecule has 1 aromatic rings. The zero-order valence-corrected chi connectivity index (χ0v) is 17.6. The van der Waals surface area contributed by atoms with Crippen LogP contribution in [-0.4, -0.2) is 58.0 Å². The van der Waals surface area contributed by atoms with Crippen LogP contribution in [0.25, 0.3) is 0 Å². The molecule has 1 aromatic carbocycles. The number of rotatable bonds is 6. The first-order valence-electron chi connectivity index (χ1n) is 8.72. The fraction of sp³-hybridized carbons (Fsp3) is 0.529. The van der Waals surface area contributed by atoms with Gasteiger partial charge in [0.1, 0.15) is 11.3 Å². The molecule has 11 heteroatoms. The molecule has 2 unspecified atom stereocenters.